The van der Waals surface area contributed by atoms with Crippen molar-refractivity contribution in [3.8, 4) is 5.75 Å². The van der Waals surface area contributed by atoms with Gasteiger partial charge in [0.2, 0.25) is 0 Å². The van der Waals surface area contributed by atoms with Crippen molar-refractivity contribution in [2.45, 2.75) is 31.2 Å². The molecule has 7 nitrogen and oxygen atoms in total. The SMILES string of the molecule is Cc1ccc(NC(=O)NCCCOc2ccnc(CSc3nc4ccccc4[nH]3)c2C)cc1. The lowest BCUT2D eigenvalue weighted by Gasteiger charge is -2.12. The van der Waals surface area contributed by atoms with Gasteiger partial charge in [-0.15, -0.1) is 0 Å². The van der Waals surface area contributed by atoms with Gasteiger partial charge in [-0.2, -0.15) is 0 Å². The fraction of sp³-hybridized carbons (Fsp3) is 0.240. The first-order chi connectivity index (χ1) is 16.1. The topological polar surface area (TPSA) is 91.9 Å². The van der Waals surface area contributed by atoms with Crippen molar-refractivity contribution in [2.24, 2.45) is 0 Å². The van der Waals surface area contributed by atoms with E-state index < -0.39 is 0 Å². The van der Waals surface area contributed by atoms with E-state index >= 15 is 0 Å². The summed E-state index contributed by atoms with van der Waals surface area (Å²) in [5.41, 5.74) is 5.90. The zero-order chi connectivity index (χ0) is 23.0. The van der Waals surface area contributed by atoms with Gasteiger partial charge in [0.15, 0.2) is 5.16 Å². The number of benzene rings is 2. The molecule has 0 fully saturated rings. The number of aromatic nitrogens is 3. The molecule has 0 spiro atoms. The number of nitrogens with zero attached hydrogens (tertiary/aromatic N) is 2. The molecule has 4 rings (SSSR count). The number of anilines is 1. The molecule has 2 heterocycles. The predicted molar refractivity (Wildman–Crippen MR) is 133 cm³/mol. The fourth-order valence-corrected chi connectivity index (χ4v) is 4.17. The van der Waals surface area contributed by atoms with E-state index in [9.17, 15) is 4.79 Å². The number of carbonyl (C=O) groups is 1. The second-order valence-electron chi connectivity index (χ2n) is 7.68. The Morgan fingerprint density at radius 3 is 2.73 bits per heavy atom. The molecule has 2 aromatic heterocycles. The van der Waals surface area contributed by atoms with Crippen LogP contribution in [-0.2, 0) is 5.75 Å². The molecule has 0 saturated heterocycles. The number of urea groups is 1. The predicted octanol–water partition coefficient (Wildman–Crippen LogP) is 5.46. The molecule has 0 radical (unpaired) electrons. The van der Waals surface area contributed by atoms with Gasteiger partial charge in [-0.3, -0.25) is 4.98 Å². The van der Waals surface area contributed by atoms with Gasteiger partial charge in [0.1, 0.15) is 5.75 Å². The van der Waals surface area contributed by atoms with Crippen molar-refractivity contribution >= 4 is 34.5 Å². The molecule has 33 heavy (non-hydrogen) atoms. The van der Waals surface area contributed by atoms with Crippen LogP contribution in [0.5, 0.6) is 5.75 Å². The summed E-state index contributed by atoms with van der Waals surface area (Å²) < 4.78 is 5.95. The second kappa shape index (κ2) is 10.9. The molecule has 0 aliphatic carbocycles. The van der Waals surface area contributed by atoms with E-state index in [0.717, 1.165) is 44.4 Å². The summed E-state index contributed by atoms with van der Waals surface area (Å²) in [5.74, 6) is 1.51. The van der Waals surface area contributed by atoms with Gasteiger partial charge in [0.05, 0.1) is 23.3 Å². The zero-order valence-corrected chi connectivity index (χ0v) is 19.5. The van der Waals surface area contributed by atoms with Crippen LogP contribution in [0.2, 0.25) is 0 Å². The average Bonchev–Trinajstić information content (AvgIpc) is 3.23. The van der Waals surface area contributed by atoms with Crippen LogP contribution in [0.1, 0.15) is 23.2 Å². The highest BCUT2D eigenvalue weighted by Gasteiger charge is 2.10. The Hall–Kier alpha value is -3.52. The van der Waals surface area contributed by atoms with Crippen LogP contribution in [0.25, 0.3) is 11.0 Å². The third kappa shape index (κ3) is 6.26. The molecule has 2 aromatic carbocycles. The summed E-state index contributed by atoms with van der Waals surface area (Å²) in [4.78, 5) is 24.4. The number of aromatic amines is 1. The maximum Gasteiger partial charge on any atom is 0.319 e. The van der Waals surface area contributed by atoms with Crippen LogP contribution in [0.3, 0.4) is 0 Å². The van der Waals surface area contributed by atoms with Gasteiger partial charge >= 0.3 is 6.03 Å². The monoisotopic (exact) mass is 461 g/mol. The number of fused-ring (bicyclic) bond motifs is 1. The number of H-pyrrole nitrogens is 1. The Morgan fingerprint density at radius 2 is 1.91 bits per heavy atom. The summed E-state index contributed by atoms with van der Waals surface area (Å²) in [6, 6.07) is 17.3. The minimum atomic E-state index is -0.219. The summed E-state index contributed by atoms with van der Waals surface area (Å²) in [7, 11) is 0. The van der Waals surface area contributed by atoms with Crippen LogP contribution in [0, 0.1) is 13.8 Å². The normalized spacial score (nSPS) is 10.8. The second-order valence-corrected chi connectivity index (χ2v) is 8.64. The smallest absolute Gasteiger partial charge is 0.319 e. The van der Waals surface area contributed by atoms with Crippen molar-refractivity contribution in [3.63, 3.8) is 0 Å². The Balaban J connectivity index is 1.21. The lowest BCUT2D eigenvalue weighted by Crippen LogP contribution is -2.30. The Labute approximate surface area is 197 Å². The molecule has 0 bridgehead atoms. The molecular weight excluding hydrogens is 434 g/mol. The van der Waals surface area contributed by atoms with Crippen molar-refractivity contribution in [1.82, 2.24) is 20.3 Å². The summed E-state index contributed by atoms with van der Waals surface area (Å²) >= 11 is 1.62. The minimum absolute atomic E-state index is 0.219. The molecule has 0 aliphatic heterocycles. The van der Waals surface area contributed by atoms with Gasteiger partial charge < -0.3 is 20.4 Å². The van der Waals surface area contributed by atoms with Crippen molar-refractivity contribution < 1.29 is 9.53 Å². The van der Waals surface area contributed by atoms with Crippen molar-refractivity contribution in [2.75, 3.05) is 18.5 Å². The highest BCUT2D eigenvalue weighted by atomic mass is 32.2. The molecule has 8 heteroatoms. The van der Waals surface area contributed by atoms with E-state index in [1.54, 1.807) is 18.0 Å². The van der Waals surface area contributed by atoms with E-state index in [2.05, 4.69) is 25.6 Å². The number of para-hydroxylation sites is 2. The number of ether oxygens (including phenoxy) is 1. The quantitative estimate of drug-likeness (QED) is 0.227. The highest BCUT2D eigenvalue weighted by molar-refractivity contribution is 7.98. The summed E-state index contributed by atoms with van der Waals surface area (Å²) in [6.07, 6.45) is 2.47. The van der Waals surface area contributed by atoms with Crippen LogP contribution >= 0.6 is 11.8 Å². The Bertz CT molecular complexity index is 1190. The number of rotatable bonds is 9. The first kappa shape index (κ1) is 22.7. The number of aryl methyl sites for hydroxylation is 1. The van der Waals surface area contributed by atoms with Gasteiger partial charge in [-0.25, -0.2) is 9.78 Å². The average molecular weight is 462 g/mol. The van der Waals surface area contributed by atoms with Crippen LogP contribution in [-0.4, -0.2) is 34.1 Å². The number of imidazole rings is 1. The van der Waals surface area contributed by atoms with Crippen LogP contribution in [0.4, 0.5) is 10.5 Å². The Kier molecular flexibility index (Phi) is 7.47. The minimum Gasteiger partial charge on any atom is -0.493 e. The van der Waals surface area contributed by atoms with E-state index in [1.807, 2.05) is 68.4 Å². The number of thioether (sulfide) groups is 1. The molecule has 0 saturated carbocycles. The molecule has 170 valence electrons. The molecule has 0 unspecified atom stereocenters. The molecule has 0 aliphatic rings. The van der Waals surface area contributed by atoms with E-state index in [4.69, 9.17) is 4.74 Å². The molecule has 0 atom stereocenters. The first-order valence-electron chi connectivity index (χ1n) is 10.8. The number of amides is 2. The highest BCUT2D eigenvalue weighted by Crippen LogP contribution is 2.27. The number of nitrogens with one attached hydrogen (secondary N) is 3. The summed E-state index contributed by atoms with van der Waals surface area (Å²) in [6.45, 7) is 5.06. The van der Waals surface area contributed by atoms with Gasteiger partial charge in [-0.1, -0.05) is 41.6 Å². The van der Waals surface area contributed by atoms with E-state index in [-0.39, 0.29) is 6.03 Å². The molecule has 2 amide bonds. The van der Waals surface area contributed by atoms with Gasteiger partial charge in [0.25, 0.3) is 0 Å². The third-order valence-electron chi connectivity index (χ3n) is 5.15. The van der Waals surface area contributed by atoms with Crippen molar-refractivity contribution in [3.05, 3.63) is 77.6 Å². The maximum atomic E-state index is 12.0. The lowest BCUT2D eigenvalue weighted by atomic mass is 10.2. The third-order valence-corrected chi connectivity index (χ3v) is 6.03. The van der Waals surface area contributed by atoms with E-state index in [1.165, 1.54) is 0 Å². The number of pyridine rings is 1. The van der Waals surface area contributed by atoms with Crippen LogP contribution < -0.4 is 15.4 Å². The Morgan fingerprint density at radius 1 is 1.09 bits per heavy atom. The van der Waals surface area contributed by atoms with Crippen LogP contribution in [0.15, 0.2) is 66.0 Å². The molecule has 4 aromatic rings. The maximum absolute atomic E-state index is 12.0. The lowest BCUT2D eigenvalue weighted by molar-refractivity contribution is 0.250. The van der Waals surface area contributed by atoms with Gasteiger partial charge in [-0.05, 0) is 50.6 Å². The van der Waals surface area contributed by atoms with E-state index in [0.29, 0.717) is 25.3 Å². The fourth-order valence-electron chi connectivity index (χ4n) is 3.26. The number of carbonyl (C=O) groups excluding carboxylic acids is 1. The van der Waals surface area contributed by atoms with Gasteiger partial charge in [0, 0.05) is 29.7 Å². The molecule has 3 N–H and O–H groups in total. The zero-order valence-electron chi connectivity index (χ0n) is 18.7. The largest absolute Gasteiger partial charge is 0.493 e. The number of hydrogen-bond donors (Lipinski definition) is 3. The standard InChI is InChI=1S/C25H27N5O2S/c1-17-8-10-19(11-9-17)28-24(31)27-13-5-15-32-23-12-14-26-22(18(23)2)16-33-25-29-20-6-3-4-7-21(20)30-25/h3-4,6-12,14H,5,13,15-16H2,1-2H3,(H,29,30)(H2,27,28,31). The number of hydrogen-bond acceptors (Lipinski definition) is 5. The summed E-state index contributed by atoms with van der Waals surface area (Å²) in [5, 5.41) is 6.55. The molecular formula is C25H27N5O2S. The van der Waals surface area contributed by atoms with Crippen molar-refractivity contribution in [1.29, 1.82) is 0 Å². The first-order valence-corrected chi connectivity index (χ1v) is 11.8.